The van der Waals surface area contributed by atoms with Gasteiger partial charge in [-0.25, -0.2) is 0 Å². The Morgan fingerprint density at radius 1 is 0.415 bits per heavy atom. The molecule has 4 nitrogen and oxygen atoms in total. The molecule has 2 aromatic heterocycles. The van der Waals surface area contributed by atoms with Crippen LogP contribution in [0.4, 0.5) is 0 Å². The van der Waals surface area contributed by atoms with Gasteiger partial charge in [-0.05, 0) is 49.9 Å². The Bertz CT molecular complexity index is 849. The van der Waals surface area contributed by atoms with Gasteiger partial charge in [-0.1, -0.05) is 110 Å². The lowest BCUT2D eigenvalue weighted by Crippen LogP contribution is -2.07. The monoisotopic (exact) mass is 696 g/mol. The average Bonchev–Trinajstić information content (AvgIpc) is 2.97. The molecular weight excluding hydrogens is 636 g/mol. The van der Waals surface area contributed by atoms with E-state index in [9.17, 15) is 0 Å². The minimum absolute atomic E-state index is 0. The zero-order valence-electron chi connectivity index (χ0n) is 26.5. The predicted molar refractivity (Wildman–Crippen MR) is 189 cm³/mol. The van der Waals surface area contributed by atoms with Crippen LogP contribution in [0, 0.1) is 0 Å². The molecule has 0 unspecified atom stereocenters. The maximum atomic E-state index is 4.75. The third-order valence-electron chi connectivity index (χ3n) is 7.69. The maximum Gasteiger partial charge on any atom is 0.0603 e. The molecule has 0 amide bonds. The van der Waals surface area contributed by atoms with Gasteiger partial charge in [0.1, 0.15) is 0 Å². The van der Waals surface area contributed by atoms with Gasteiger partial charge in [0.15, 0.2) is 0 Å². The fourth-order valence-electron chi connectivity index (χ4n) is 5.08. The summed E-state index contributed by atoms with van der Waals surface area (Å²) in [5, 5.41) is 2.26. The number of aryl methyl sites for hydroxylation is 2. The minimum atomic E-state index is 0. The second-order valence-corrected chi connectivity index (χ2v) is 11.4. The zero-order valence-corrected chi connectivity index (χ0v) is 29.9. The molecule has 2 rings (SSSR count). The molecule has 2 aromatic rings. The van der Waals surface area contributed by atoms with Crippen LogP contribution >= 0.6 is 34.0 Å². The van der Waals surface area contributed by atoms with Crippen molar-refractivity contribution >= 4 is 34.0 Å². The molecule has 0 aliphatic rings. The average molecular weight is 699 g/mol. The van der Waals surface area contributed by atoms with Gasteiger partial charge < -0.3 is 9.13 Å². The Morgan fingerprint density at radius 3 is 1.05 bits per heavy atom. The molecule has 6 heteroatoms. The second-order valence-electron chi connectivity index (χ2n) is 11.4. The van der Waals surface area contributed by atoms with Crippen molar-refractivity contribution in [1.82, 2.24) is 9.13 Å². The van der Waals surface area contributed by atoms with Crippen LogP contribution in [-0.4, -0.2) is 22.2 Å². The number of halogens is 2. The van der Waals surface area contributed by atoms with E-state index in [4.69, 9.17) is 9.98 Å². The van der Waals surface area contributed by atoms with Crippen LogP contribution in [0.3, 0.4) is 0 Å². The topological polar surface area (TPSA) is 34.6 Å². The molecular formula is C35H62Br2N4. The molecule has 41 heavy (non-hydrogen) atoms. The number of hydrogen-bond acceptors (Lipinski definition) is 2. The van der Waals surface area contributed by atoms with E-state index in [0.717, 1.165) is 36.9 Å². The van der Waals surface area contributed by atoms with Gasteiger partial charge in [-0.3, -0.25) is 9.98 Å². The largest absolute Gasteiger partial charge is 0.354 e. The molecule has 0 bridgehead atoms. The van der Waals surface area contributed by atoms with Crippen LogP contribution in [-0.2, 0) is 13.1 Å². The van der Waals surface area contributed by atoms with E-state index in [0.29, 0.717) is 0 Å². The second kappa shape index (κ2) is 29.0. The Morgan fingerprint density at radius 2 is 0.707 bits per heavy atom. The highest BCUT2D eigenvalue weighted by molar-refractivity contribution is 8.93. The highest BCUT2D eigenvalue weighted by Gasteiger charge is 1.95. The summed E-state index contributed by atoms with van der Waals surface area (Å²) >= 11 is 0. The Hall–Kier alpha value is -1.14. The zero-order chi connectivity index (χ0) is 27.6. The van der Waals surface area contributed by atoms with Crippen molar-refractivity contribution in [3.63, 3.8) is 0 Å². The first-order valence-corrected chi connectivity index (χ1v) is 16.6. The van der Waals surface area contributed by atoms with Crippen LogP contribution in [0.5, 0.6) is 0 Å². The van der Waals surface area contributed by atoms with Crippen molar-refractivity contribution in [2.75, 3.05) is 13.1 Å². The lowest BCUT2D eigenvalue weighted by atomic mass is 10.1. The van der Waals surface area contributed by atoms with Crippen LogP contribution < -0.4 is 10.7 Å². The van der Waals surface area contributed by atoms with E-state index in [1.165, 1.54) is 122 Å². The Kier molecular flexibility index (Phi) is 28.2. The molecule has 236 valence electrons. The number of aromatic nitrogens is 2. The first-order chi connectivity index (χ1) is 19.3. The number of unbranched alkanes of at least 4 members (excludes halogenated alkanes) is 16. The number of nitrogens with zero attached hydrogens (tertiary/aromatic N) is 4. The van der Waals surface area contributed by atoms with Gasteiger partial charge >= 0.3 is 0 Å². The van der Waals surface area contributed by atoms with Gasteiger partial charge in [0.25, 0.3) is 0 Å². The summed E-state index contributed by atoms with van der Waals surface area (Å²) in [6, 6.07) is 8.69. The Labute approximate surface area is 273 Å². The van der Waals surface area contributed by atoms with E-state index in [2.05, 4.69) is 72.0 Å². The van der Waals surface area contributed by atoms with E-state index < -0.39 is 0 Å². The van der Waals surface area contributed by atoms with Crippen LogP contribution in [0.1, 0.15) is 136 Å². The number of rotatable bonds is 24. The van der Waals surface area contributed by atoms with Gasteiger partial charge in [0.05, 0.1) is 10.7 Å². The van der Waals surface area contributed by atoms with Crippen molar-refractivity contribution in [3.8, 4) is 0 Å². The molecule has 0 aromatic carbocycles. The molecule has 0 radical (unpaired) electrons. The fraction of sp³-hybridized carbons (Fsp3) is 0.714. The molecule has 0 N–H and O–H groups in total. The van der Waals surface area contributed by atoms with E-state index in [-0.39, 0.29) is 34.0 Å². The molecule has 0 spiro atoms. The Balaban J connectivity index is 0.00000800. The molecule has 0 aliphatic carbocycles. The molecule has 2 heterocycles. The normalized spacial score (nSPS) is 10.6. The van der Waals surface area contributed by atoms with E-state index in [1.807, 2.05) is 0 Å². The maximum absolute atomic E-state index is 4.75. The van der Waals surface area contributed by atoms with Crippen LogP contribution in [0.25, 0.3) is 0 Å². The standard InChI is InChI=1S/C35H60N4.2BrH/c1-3-5-7-9-11-14-18-26-36-34-22-30-38(31-23-34)28-20-16-13-17-21-29-39-32-24-35(25-33-39)37-27-19-15-12-10-8-6-4-2;;/h22-25,30-33H,3-21,26-29H2,1-2H3;2*1H. The highest BCUT2D eigenvalue weighted by atomic mass is 79.9. The highest BCUT2D eigenvalue weighted by Crippen LogP contribution is 2.08. The summed E-state index contributed by atoms with van der Waals surface area (Å²) < 4.78 is 4.62. The summed E-state index contributed by atoms with van der Waals surface area (Å²) in [7, 11) is 0. The summed E-state index contributed by atoms with van der Waals surface area (Å²) in [6.45, 7) is 8.70. The molecule has 0 saturated carbocycles. The third kappa shape index (κ3) is 22.1. The number of pyridine rings is 2. The van der Waals surface area contributed by atoms with Crippen LogP contribution in [0.15, 0.2) is 59.0 Å². The summed E-state index contributed by atoms with van der Waals surface area (Å²) in [5.74, 6) is 0. The lowest BCUT2D eigenvalue weighted by molar-refractivity contribution is 0.533. The molecule has 0 atom stereocenters. The smallest absolute Gasteiger partial charge is 0.0603 e. The minimum Gasteiger partial charge on any atom is -0.354 e. The van der Waals surface area contributed by atoms with Crippen LogP contribution in [0.2, 0.25) is 0 Å². The van der Waals surface area contributed by atoms with Gasteiger partial charge in [-0.2, -0.15) is 0 Å². The number of hydrogen-bond donors (Lipinski definition) is 0. The summed E-state index contributed by atoms with van der Waals surface area (Å²) in [6.07, 6.45) is 34.1. The molecule has 0 saturated heterocycles. The van der Waals surface area contributed by atoms with Gasteiger partial charge in [-0.15, -0.1) is 34.0 Å². The van der Waals surface area contributed by atoms with E-state index >= 15 is 0 Å². The van der Waals surface area contributed by atoms with Gasteiger partial charge in [0, 0.05) is 51.0 Å². The summed E-state index contributed by atoms with van der Waals surface area (Å²) in [5.41, 5.74) is 0. The molecule has 0 aliphatic heterocycles. The lowest BCUT2D eigenvalue weighted by Gasteiger charge is -2.07. The van der Waals surface area contributed by atoms with Crippen molar-refractivity contribution in [3.05, 3.63) is 59.8 Å². The first kappa shape index (κ1) is 39.9. The quantitative estimate of drug-likeness (QED) is 0.0979. The van der Waals surface area contributed by atoms with Gasteiger partial charge in [0.2, 0.25) is 0 Å². The molecule has 0 fully saturated rings. The predicted octanol–water partition coefficient (Wildman–Crippen LogP) is 10.4. The van der Waals surface area contributed by atoms with Crippen molar-refractivity contribution in [1.29, 1.82) is 0 Å². The van der Waals surface area contributed by atoms with Crippen molar-refractivity contribution < 1.29 is 0 Å². The fourth-order valence-corrected chi connectivity index (χ4v) is 5.08. The summed E-state index contributed by atoms with van der Waals surface area (Å²) in [4.78, 5) is 9.50. The third-order valence-corrected chi connectivity index (χ3v) is 7.69. The van der Waals surface area contributed by atoms with E-state index in [1.54, 1.807) is 0 Å². The van der Waals surface area contributed by atoms with Crippen molar-refractivity contribution in [2.24, 2.45) is 9.98 Å². The first-order valence-electron chi connectivity index (χ1n) is 16.6. The SMILES string of the molecule is Br.Br.CCCCCCCCCN=c1ccn(CCCCCCCn2ccc(=NCCCCCCCCC)cc2)cc1. The van der Waals surface area contributed by atoms with Crippen molar-refractivity contribution in [2.45, 2.75) is 149 Å².